The summed E-state index contributed by atoms with van der Waals surface area (Å²) in [6.45, 7) is 2.45. The fourth-order valence-corrected chi connectivity index (χ4v) is 6.08. The lowest BCUT2D eigenvalue weighted by Gasteiger charge is -2.18. The molecule has 0 amide bonds. The maximum Gasteiger partial charge on any atom is 0.241 e. The van der Waals surface area contributed by atoms with E-state index in [1.54, 1.807) is 18.6 Å². The fraction of sp³-hybridized carbons (Fsp3) is 0.417. The van der Waals surface area contributed by atoms with Gasteiger partial charge in [-0.15, -0.1) is 0 Å². The lowest BCUT2D eigenvalue weighted by molar-refractivity contribution is 0.221. The predicted molar refractivity (Wildman–Crippen MR) is 123 cm³/mol. The molecule has 5 rings (SSSR count). The molecule has 32 heavy (non-hydrogen) atoms. The van der Waals surface area contributed by atoms with Crippen molar-refractivity contribution in [1.82, 2.24) is 14.7 Å². The van der Waals surface area contributed by atoms with Crippen LogP contribution in [0.5, 0.6) is 0 Å². The van der Waals surface area contributed by atoms with E-state index in [1.807, 2.05) is 18.2 Å². The van der Waals surface area contributed by atoms with Gasteiger partial charge in [0.2, 0.25) is 10.0 Å². The molecule has 2 aliphatic carbocycles. The fourth-order valence-electron chi connectivity index (χ4n) is 4.40. The third-order valence-corrected chi connectivity index (χ3v) is 7.62. The smallest absolute Gasteiger partial charge is 0.241 e. The largest absolute Gasteiger partial charge is 0.380 e. The number of hydrogen-bond acceptors (Lipinski definition) is 5. The first kappa shape index (κ1) is 21.3. The number of pyridine rings is 2. The zero-order chi connectivity index (χ0) is 22.5. The Morgan fingerprint density at radius 3 is 2.69 bits per heavy atom. The van der Waals surface area contributed by atoms with Gasteiger partial charge in [0.05, 0.1) is 10.6 Å². The quantitative estimate of drug-likeness (QED) is 0.561. The van der Waals surface area contributed by atoms with Crippen molar-refractivity contribution >= 4 is 26.5 Å². The summed E-state index contributed by atoms with van der Waals surface area (Å²) in [6, 6.07) is 7.83. The molecule has 168 valence electrons. The van der Waals surface area contributed by atoms with Crippen LogP contribution in [0, 0.1) is 0 Å². The van der Waals surface area contributed by atoms with Crippen molar-refractivity contribution in [3.63, 3.8) is 0 Å². The van der Waals surface area contributed by atoms with Crippen molar-refractivity contribution in [2.75, 3.05) is 11.9 Å². The minimum Gasteiger partial charge on any atom is -0.380 e. The van der Waals surface area contributed by atoms with Crippen LogP contribution in [0.3, 0.4) is 0 Å². The van der Waals surface area contributed by atoms with E-state index >= 15 is 0 Å². The van der Waals surface area contributed by atoms with Gasteiger partial charge < -0.3 is 5.32 Å². The molecule has 0 aliphatic heterocycles. The highest BCUT2D eigenvalue weighted by atomic mass is 32.2. The number of benzene rings is 1. The highest BCUT2D eigenvalue weighted by molar-refractivity contribution is 7.89. The molecule has 2 N–H and O–H groups in total. The van der Waals surface area contributed by atoms with Crippen LogP contribution < -0.4 is 10.0 Å². The molecule has 8 heteroatoms. The van der Waals surface area contributed by atoms with E-state index in [9.17, 15) is 12.8 Å². The summed E-state index contributed by atoms with van der Waals surface area (Å²) in [5, 5.41) is 4.94. The average Bonchev–Trinajstić information content (AvgIpc) is 3.51. The lowest BCUT2D eigenvalue weighted by atomic mass is 10.0. The summed E-state index contributed by atoms with van der Waals surface area (Å²) in [7, 11) is -3.92. The van der Waals surface area contributed by atoms with Gasteiger partial charge in [-0.3, -0.25) is 9.97 Å². The zero-order valence-electron chi connectivity index (χ0n) is 18.2. The molecule has 0 radical (unpaired) electrons. The number of anilines is 1. The van der Waals surface area contributed by atoms with Crippen LogP contribution in [0.25, 0.3) is 10.8 Å². The molecular formula is C24H27FN4O2S. The molecule has 0 saturated heterocycles. The predicted octanol–water partition coefficient (Wildman–Crippen LogP) is 4.11. The SMILES string of the molecule is CC(C)(F)CNS(=O)(=O)c1c2c(cc3cnc(C4CC4)cc13)CC(Nc1cccnc1)C2. The van der Waals surface area contributed by atoms with Crippen molar-refractivity contribution in [3.8, 4) is 0 Å². The molecule has 2 aliphatic rings. The van der Waals surface area contributed by atoms with E-state index in [-0.39, 0.29) is 17.5 Å². The van der Waals surface area contributed by atoms with E-state index in [0.717, 1.165) is 40.7 Å². The average molecular weight is 455 g/mol. The minimum atomic E-state index is -3.92. The van der Waals surface area contributed by atoms with Gasteiger partial charge in [-0.25, -0.2) is 17.5 Å². The third kappa shape index (κ3) is 4.34. The van der Waals surface area contributed by atoms with Gasteiger partial charge in [-0.05, 0) is 74.9 Å². The molecule has 2 heterocycles. The van der Waals surface area contributed by atoms with Crippen LogP contribution in [0.2, 0.25) is 0 Å². The summed E-state index contributed by atoms with van der Waals surface area (Å²) in [5.74, 6) is 0.404. The maximum absolute atomic E-state index is 14.2. The summed E-state index contributed by atoms with van der Waals surface area (Å²) >= 11 is 0. The summed E-state index contributed by atoms with van der Waals surface area (Å²) in [5.41, 5.74) is 1.97. The van der Waals surface area contributed by atoms with E-state index in [4.69, 9.17) is 0 Å². The summed E-state index contributed by atoms with van der Waals surface area (Å²) < 4.78 is 43.6. The Morgan fingerprint density at radius 1 is 1.19 bits per heavy atom. The van der Waals surface area contributed by atoms with Crippen molar-refractivity contribution in [2.45, 2.75) is 62.1 Å². The number of nitrogens with one attached hydrogen (secondary N) is 2. The maximum atomic E-state index is 14.2. The number of nitrogens with zero attached hydrogens (tertiary/aromatic N) is 2. The Bertz CT molecular complexity index is 1270. The molecule has 0 bridgehead atoms. The topological polar surface area (TPSA) is 84.0 Å². The molecular weight excluding hydrogens is 427 g/mol. The molecule has 1 saturated carbocycles. The van der Waals surface area contributed by atoms with Crippen molar-refractivity contribution in [1.29, 1.82) is 0 Å². The number of alkyl halides is 1. The van der Waals surface area contributed by atoms with Crippen LogP contribution in [0.1, 0.15) is 49.4 Å². The number of aromatic nitrogens is 2. The number of sulfonamides is 1. The van der Waals surface area contributed by atoms with Gasteiger partial charge in [-0.1, -0.05) is 0 Å². The third-order valence-electron chi connectivity index (χ3n) is 6.09. The number of rotatable bonds is 7. The molecule has 0 spiro atoms. The first-order valence-electron chi connectivity index (χ1n) is 11.0. The first-order valence-corrected chi connectivity index (χ1v) is 12.5. The first-order chi connectivity index (χ1) is 15.2. The molecule has 6 nitrogen and oxygen atoms in total. The minimum absolute atomic E-state index is 0.0495. The normalized spacial score (nSPS) is 18.7. The Morgan fingerprint density at radius 2 is 2.00 bits per heavy atom. The van der Waals surface area contributed by atoms with Crippen molar-refractivity contribution < 1.29 is 12.8 Å². The second kappa shape index (κ2) is 7.78. The second-order valence-corrected chi connectivity index (χ2v) is 11.2. The molecule has 1 fully saturated rings. The van der Waals surface area contributed by atoms with E-state index in [0.29, 0.717) is 24.1 Å². The molecule has 1 aromatic carbocycles. The van der Waals surface area contributed by atoms with E-state index < -0.39 is 15.7 Å². The highest BCUT2D eigenvalue weighted by Crippen LogP contribution is 2.42. The van der Waals surface area contributed by atoms with Gasteiger partial charge in [0.25, 0.3) is 0 Å². The Balaban J connectivity index is 1.58. The van der Waals surface area contributed by atoms with Crippen molar-refractivity contribution in [3.05, 3.63) is 59.7 Å². The van der Waals surface area contributed by atoms with Crippen LogP contribution in [-0.4, -0.2) is 36.6 Å². The Hall–Kier alpha value is -2.58. The molecule has 1 unspecified atom stereocenters. The van der Waals surface area contributed by atoms with E-state index in [1.165, 1.54) is 13.8 Å². The van der Waals surface area contributed by atoms with Gasteiger partial charge in [-0.2, -0.15) is 0 Å². The van der Waals surface area contributed by atoms with Crippen LogP contribution in [-0.2, 0) is 22.9 Å². The van der Waals surface area contributed by atoms with Gasteiger partial charge in [0.1, 0.15) is 5.67 Å². The van der Waals surface area contributed by atoms with Crippen molar-refractivity contribution in [2.24, 2.45) is 0 Å². The zero-order valence-corrected chi connectivity index (χ0v) is 19.0. The highest BCUT2D eigenvalue weighted by Gasteiger charge is 2.33. The second-order valence-electron chi connectivity index (χ2n) is 9.48. The molecule has 1 atom stereocenters. The van der Waals surface area contributed by atoms with Gasteiger partial charge in [0.15, 0.2) is 0 Å². The number of hydrogen-bond donors (Lipinski definition) is 2. The lowest BCUT2D eigenvalue weighted by Crippen LogP contribution is -2.36. The van der Waals surface area contributed by atoms with E-state index in [2.05, 4.69) is 26.1 Å². The molecule has 3 aromatic rings. The van der Waals surface area contributed by atoms with Crippen LogP contribution >= 0.6 is 0 Å². The monoisotopic (exact) mass is 454 g/mol. The standard InChI is InChI=1S/C24H27FN4O2S/c1-24(2,25)14-28-32(30,31)23-20-10-19(29-18-4-3-7-26-13-18)9-16(20)8-17-12-27-22(11-21(17)23)15-5-6-15/h3-4,7-8,11-13,15,19,28-29H,5-6,9-10,14H2,1-2H3. The van der Waals surface area contributed by atoms with Crippen LogP contribution in [0.4, 0.5) is 10.1 Å². The van der Waals surface area contributed by atoms with Gasteiger partial charge in [0, 0.05) is 53.6 Å². The Kier molecular flexibility index (Phi) is 5.17. The molecule has 2 aromatic heterocycles. The number of fused-ring (bicyclic) bond motifs is 2. The Labute approximate surface area is 187 Å². The number of halogens is 1. The van der Waals surface area contributed by atoms with Gasteiger partial charge >= 0.3 is 0 Å². The van der Waals surface area contributed by atoms with Crippen LogP contribution in [0.15, 0.2) is 47.8 Å². The summed E-state index contributed by atoms with van der Waals surface area (Å²) in [4.78, 5) is 9.01. The summed E-state index contributed by atoms with van der Waals surface area (Å²) in [6.07, 6.45) is 8.68.